The van der Waals surface area contributed by atoms with Crippen LogP contribution in [0.25, 0.3) is 49.7 Å². The lowest BCUT2D eigenvalue weighted by molar-refractivity contribution is 0.626. The summed E-state index contributed by atoms with van der Waals surface area (Å²) in [6.07, 6.45) is 11.2. The molecule has 7 aromatic rings. The molecule has 0 bridgehead atoms. The van der Waals surface area contributed by atoms with Crippen molar-refractivity contribution in [2.75, 3.05) is 0 Å². The Kier molecular flexibility index (Phi) is 9.13. The first kappa shape index (κ1) is 34.0. The number of nitriles is 1. The van der Waals surface area contributed by atoms with Gasteiger partial charge in [-0.1, -0.05) is 87.2 Å². The number of allylic oxidation sites excluding steroid dienone is 5. The van der Waals surface area contributed by atoms with Crippen molar-refractivity contribution in [2.45, 2.75) is 25.9 Å². The quantitative estimate of drug-likeness (QED) is 0.139. The highest BCUT2D eigenvalue weighted by Gasteiger charge is 2.21. The van der Waals surface area contributed by atoms with E-state index in [-0.39, 0.29) is 6.17 Å². The first-order valence-electron chi connectivity index (χ1n) is 18.1. The maximum Gasteiger partial charge on any atom is 0.145 e. The van der Waals surface area contributed by atoms with Crippen LogP contribution in [-0.4, -0.2) is 10.3 Å². The molecular weight excluding hydrogens is 663 g/mol. The number of fused-ring (bicyclic) bond motifs is 4. The predicted molar refractivity (Wildman–Crippen MR) is 222 cm³/mol. The number of nitrogens with zero attached hydrogens (tertiary/aromatic N) is 3. The van der Waals surface area contributed by atoms with Gasteiger partial charge in [0, 0.05) is 39.3 Å². The second-order valence-corrected chi connectivity index (χ2v) is 13.4. The molecule has 0 saturated heterocycles. The smallest absolute Gasteiger partial charge is 0.145 e. The number of nitrogens with one attached hydrogen (secondary N) is 1. The molecule has 54 heavy (non-hydrogen) atoms. The van der Waals surface area contributed by atoms with E-state index in [1.54, 1.807) is 6.20 Å². The van der Waals surface area contributed by atoms with E-state index >= 15 is 0 Å². The van der Waals surface area contributed by atoms with E-state index in [2.05, 4.69) is 103 Å². The van der Waals surface area contributed by atoms with Gasteiger partial charge in [-0.2, -0.15) is 5.26 Å². The topological polar surface area (TPSA) is 92.3 Å². The van der Waals surface area contributed by atoms with Crippen molar-refractivity contribution in [1.82, 2.24) is 9.88 Å². The molecule has 1 aliphatic heterocycles. The third-order valence-electron chi connectivity index (χ3n) is 9.99. The molecule has 0 fully saturated rings. The number of hydrogen-bond donors (Lipinski definition) is 2. The maximum atomic E-state index is 9.37. The minimum Gasteiger partial charge on any atom is -0.456 e. The number of aliphatic imine (C=N–C) groups is 1. The van der Waals surface area contributed by atoms with Crippen molar-refractivity contribution in [3.63, 3.8) is 0 Å². The summed E-state index contributed by atoms with van der Waals surface area (Å²) < 4.78 is 8.45. The fourth-order valence-electron chi connectivity index (χ4n) is 7.19. The highest BCUT2D eigenvalue weighted by molar-refractivity contribution is 6.11. The van der Waals surface area contributed by atoms with E-state index in [1.165, 1.54) is 0 Å². The third-order valence-corrected chi connectivity index (χ3v) is 9.99. The summed E-state index contributed by atoms with van der Waals surface area (Å²) in [5, 5.41) is 16.1. The first-order chi connectivity index (χ1) is 26.5. The van der Waals surface area contributed by atoms with Crippen LogP contribution in [0.4, 0.5) is 0 Å². The maximum absolute atomic E-state index is 9.37. The molecule has 0 amide bonds. The largest absolute Gasteiger partial charge is 0.456 e. The third kappa shape index (κ3) is 6.44. The summed E-state index contributed by atoms with van der Waals surface area (Å²) in [7, 11) is 0. The van der Waals surface area contributed by atoms with Crippen LogP contribution in [0.5, 0.6) is 0 Å². The summed E-state index contributed by atoms with van der Waals surface area (Å²) in [5.41, 5.74) is 19.1. The van der Waals surface area contributed by atoms with Gasteiger partial charge < -0.3 is 20.0 Å². The molecule has 3 N–H and O–H groups in total. The van der Waals surface area contributed by atoms with Crippen molar-refractivity contribution in [3.8, 4) is 22.9 Å². The molecule has 8 rings (SSSR count). The van der Waals surface area contributed by atoms with Gasteiger partial charge in [-0.15, -0.1) is 0 Å². The van der Waals surface area contributed by atoms with Gasteiger partial charge in [0.2, 0.25) is 0 Å². The molecule has 5 aromatic carbocycles. The van der Waals surface area contributed by atoms with Crippen LogP contribution in [0.3, 0.4) is 0 Å². The Balaban J connectivity index is 1.18. The number of hydrogen-bond acceptors (Lipinski definition) is 5. The van der Waals surface area contributed by atoms with Gasteiger partial charge in [0.05, 0.1) is 22.9 Å². The van der Waals surface area contributed by atoms with Crippen LogP contribution in [0.2, 0.25) is 0 Å². The number of furan rings is 1. The van der Waals surface area contributed by atoms with Crippen molar-refractivity contribution in [2.24, 2.45) is 10.7 Å². The van der Waals surface area contributed by atoms with Crippen molar-refractivity contribution >= 4 is 38.6 Å². The molecule has 0 aliphatic carbocycles. The van der Waals surface area contributed by atoms with Crippen LogP contribution in [0, 0.1) is 11.3 Å². The summed E-state index contributed by atoms with van der Waals surface area (Å²) in [6.45, 7) is 10.6. The summed E-state index contributed by atoms with van der Waals surface area (Å²) >= 11 is 0. The van der Waals surface area contributed by atoms with E-state index in [4.69, 9.17) is 15.1 Å². The lowest BCUT2D eigenvalue weighted by Gasteiger charge is -2.25. The Morgan fingerprint density at radius 1 is 0.907 bits per heavy atom. The predicted octanol–water partition coefficient (Wildman–Crippen LogP) is 11.4. The number of nitrogens with two attached hydrogens (primary N) is 1. The van der Waals surface area contributed by atoms with Crippen LogP contribution in [0.15, 0.2) is 191 Å². The Bertz CT molecular complexity index is 2760. The minimum atomic E-state index is -0.296. The van der Waals surface area contributed by atoms with Crippen LogP contribution < -0.4 is 11.1 Å². The number of rotatable bonds is 10. The van der Waals surface area contributed by atoms with Gasteiger partial charge in [0.15, 0.2) is 0 Å². The van der Waals surface area contributed by atoms with E-state index in [9.17, 15) is 5.26 Å². The Hall–Kier alpha value is -7.10. The molecule has 262 valence electrons. The highest BCUT2D eigenvalue weighted by atomic mass is 16.3. The fraction of sp³-hybridized carbons (Fsp3) is 0.0833. The van der Waals surface area contributed by atoms with Crippen molar-refractivity contribution < 1.29 is 4.42 Å². The van der Waals surface area contributed by atoms with Crippen molar-refractivity contribution in [1.29, 1.82) is 5.26 Å². The van der Waals surface area contributed by atoms with E-state index in [0.717, 1.165) is 102 Å². The van der Waals surface area contributed by atoms with Crippen molar-refractivity contribution in [3.05, 3.63) is 198 Å². The molecule has 1 atom stereocenters. The highest BCUT2D eigenvalue weighted by Crippen LogP contribution is 2.35. The molecule has 1 aliphatic rings. The van der Waals surface area contributed by atoms with E-state index in [1.807, 2.05) is 72.9 Å². The zero-order chi connectivity index (χ0) is 37.2. The second kappa shape index (κ2) is 14.5. The molecule has 0 saturated carbocycles. The molecule has 6 nitrogen and oxygen atoms in total. The van der Waals surface area contributed by atoms with Gasteiger partial charge in [-0.25, -0.2) is 0 Å². The summed E-state index contributed by atoms with van der Waals surface area (Å²) in [4.78, 5) is 5.21. The van der Waals surface area contributed by atoms with Crippen LogP contribution in [0.1, 0.15) is 42.6 Å². The second-order valence-electron chi connectivity index (χ2n) is 13.4. The molecule has 0 radical (unpaired) electrons. The number of benzene rings is 5. The Labute approximate surface area is 314 Å². The summed E-state index contributed by atoms with van der Waals surface area (Å²) in [5.74, 6) is 0. The van der Waals surface area contributed by atoms with Gasteiger partial charge >= 0.3 is 0 Å². The average Bonchev–Trinajstić information content (AvgIpc) is 3.82. The van der Waals surface area contributed by atoms with Crippen LogP contribution in [-0.2, 0) is 0 Å². The standard InChI is InChI=1S/C48H39N5O/c1-4-10-39(30-50)31(3)23-33(5-2)43-28-44(52-48(51-43)34-11-7-6-8-12-34)37-14-9-13-35(25-37)36-16-19-46-41(26-36)42-27-40(17-20-47(42)54-46)53-22-21-38-24-32(29-49)15-18-45(38)53/h5-9,11-28,30,48,51H,2-4,10,50H2,1H3/b33-23+,39-30+. The Morgan fingerprint density at radius 2 is 1.69 bits per heavy atom. The molecule has 1 unspecified atom stereocenters. The van der Waals surface area contributed by atoms with Gasteiger partial charge in [-0.05, 0) is 119 Å². The fourth-order valence-corrected chi connectivity index (χ4v) is 7.19. The Morgan fingerprint density at radius 3 is 2.46 bits per heavy atom. The lowest BCUT2D eigenvalue weighted by Crippen LogP contribution is -2.26. The molecule has 3 heterocycles. The van der Waals surface area contributed by atoms with Gasteiger partial charge in [0.1, 0.15) is 17.3 Å². The summed E-state index contributed by atoms with van der Waals surface area (Å²) in [6, 6.07) is 41.5. The monoisotopic (exact) mass is 701 g/mol. The van der Waals surface area contributed by atoms with E-state index in [0.29, 0.717) is 5.56 Å². The molecular formula is C48H39N5O. The average molecular weight is 702 g/mol. The lowest BCUT2D eigenvalue weighted by atomic mass is 9.96. The van der Waals surface area contributed by atoms with Gasteiger partial charge in [-0.3, -0.25) is 4.99 Å². The van der Waals surface area contributed by atoms with E-state index < -0.39 is 0 Å². The minimum absolute atomic E-state index is 0.296. The molecule has 0 spiro atoms. The number of aromatic nitrogens is 1. The normalized spacial score (nSPS) is 14.8. The van der Waals surface area contributed by atoms with Crippen LogP contribution >= 0.6 is 0 Å². The zero-order valence-electron chi connectivity index (χ0n) is 30.1. The molecule has 6 heteroatoms. The molecule has 2 aromatic heterocycles. The zero-order valence-corrected chi connectivity index (χ0v) is 30.1. The SMILES string of the molecule is C=C/C(=C\C(=C)/C(=C/N)CCC)C1=CC(c2cccc(-c3ccc4oc5ccc(-n6ccc7cc(C#N)ccc76)cc5c4c3)c2)=NC(c2ccccc2)N1. The van der Waals surface area contributed by atoms with Gasteiger partial charge in [0.25, 0.3) is 0 Å². The first-order valence-corrected chi connectivity index (χ1v) is 18.1.